The number of aromatic nitrogens is 1. The molecule has 1 N–H and O–H groups in total. The van der Waals surface area contributed by atoms with Crippen molar-refractivity contribution in [2.75, 3.05) is 0 Å². The normalized spacial score (nSPS) is 11.6. The summed E-state index contributed by atoms with van der Waals surface area (Å²) in [6.45, 7) is 2.44. The van der Waals surface area contributed by atoms with Gasteiger partial charge in [0.15, 0.2) is 0 Å². The highest BCUT2D eigenvalue weighted by Gasteiger charge is 2.13. The molecular formula is C22H18N2O2. The van der Waals surface area contributed by atoms with Gasteiger partial charge in [-0.05, 0) is 42.0 Å². The quantitative estimate of drug-likeness (QED) is 0.552. The first-order valence-corrected chi connectivity index (χ1v) is 8.56. The molecule has 4 rings (SSSR count). The Morgan fingerprint density at radius 3 is 2.54 bits per heavy atom. The number of benzene rings is 3. The van der Waals surface area contributed by atoms with Crippen molar-refractivity contribution in [1.29, 1.82) is 0 Å². The van der Waals surface area contributed by atoms with Gasteiger partial charge in [-0.15, -0.1) is 0 Å². The van der Waals surface area contributed by atoms with E-state index in [0.29, 0.717) is 11.9 Å². The summed E-state index contributed by atoms with van der Waals surface area (Å²) in [4.78, 5) is 17.2. The second-order valence-electron chi connectivity index (χ2n) is 6.12. The third kappa shape index (κ3) is 2.65. The molecule has 0 spiro atoms. The zero-order valence-corrected chi connectivity index (χ0v) is 14.4. The number of aliphatic imine (C=N–C) groups is 1. The van der Waals surface area contributed by atoms with E-state index in [2.05, 4.69) is 4.99 Å². The highest BCUT2D eigenvalue weighted by Crippen LogP contribution is 2.26. The zero-order chi connectivity index (χ0) is 18.1. The average molecular weight is 342 g/mol. The fraction of sp³-hybridized carbons (Fsp3) is 0.0909. The van der Waals surface area contributed by atoms with E-state index in [9.17, 15) is 9.90 Å². The Labute approximate surface area is 150 Å². The molecule has 0 aliphatic carbocycles. The number of rotatable bonds is 3. The molecule has 0 fully saturated rings. The van der Waals surface area contributed by atoms with Crippen LogP contribution in [-0.2, 0) is 6.54 Å². The summed E-state index contributed by atoms with van der Waals surface area (Å²) < 4.78 is 1.65. The third-order valence-corrected chi connectivity index (χ3v) is 4.57. The minimum Gasteiger partial charge on any atom is -0.506 e. The Bertz CT molecular complexity index is 1210. The van der Waals surface area contributed by atoms with Crippen LogP contribution in [0.4, 0.5) is 5.69 Å². The SMILES string of the molecule is CCn1c(=O)c(C=Nc2ccc3ccccc3c2)c(O)c2ccccc21. The Morgan fingerprint density at radius 1 is 1.00 bits per heavy atom. The molecule has 4 heteroatoms. The molecule has 1 aromatic heterocycles. The lowest BCUT2D eigenvalue weighted by Crippen LogP contribution is -2.23. The van der Waals surface area contributed by atoms with Gasteiger partial charge in [-0.2, -0.15) is 0 Å². The van der Waals surface area contributed by atoms with Crippen LogP contribution in [0.1, 0.15) is 12.5 Å². The Morgan fingerprint density at radius 2 is 1.73 bits per heavy atom. The van der Waals surface area contributed by atoms with Crippen molar-refractivity contribution in [2.45, 2.75) is 13.5 Å². The number of nitrogens with zero attached hydrogens (tertiary/aromatic N) is 2. The van der Waals surface area contributed by atoms with Gasteiger partial charge < -0.3 is 9.67 Å². The van der Waals surface area contributed by atoms with Crippen LogP contribution in [0.3, 0.4) is 0 Å². The van der Waals surface area contributed by atoms with Crippen LogP contribution in [0.5, 0.6) is 5.75 Å². The van der Waals surface area contributed by atoms with Gasteiger partial charge in [0.1, 0.15) is 11.3 Å². The van der Waals surface area contributed by atoms with Crippen molar-refractivity contribution < 1.29 is 5.11 Å². The fourth-order valence-corrected chi connectivity index (χ4v) is 3.24. The molecule has 1 heterocycles. The number of aryl methyl sites for hydroxylation is 1. The molecular weight excluding hydrogens is 324 g/mol. The van der Waals surface area contributed by atoms with Gasteiger partial charge in [-0.3, -0.25) is 9.79 Å². The Kier molecular flexibility index (Phi) is 4.01. The van der Waals surface area contributed by atoms with E-state index in [1.807, 2.05) is 73.7 Å². The van der Waals surface area contributed by atoms with Crippen LogP contribution < -0.4 is 5.56 Å². The summed E-state index contributed by atoms with van der Waals surface area (Å²) in [7, 11) is 0. The summed E-state index contributed by atoms with van der Waals surface area (Å²) >= 11 is 0. The summed E-state index contributed by atoms with van der Waals surface area (Å²) in [5.74, 6) is -0.0279. The van der Waals surface area contributed by atoms with Crippen LogP contribution in [0.15, 0.2) is 76.5 Å². The number of hydrogen-bond acceptors (Lipinski definition) is 3. The highest BCUT2D eigenvalue weighted by atomic mass is 16.3. The topological polar surface area (TPSA) is 54.6 Å². The van der Waals surface area contributed by atoms with Gasteiger partial charge in [0, 0.05) is 18.1 Å². The van der Waals surface area contributed by atoms with E-state index >= 15 is 0 Å². The maximum atomic E-state index is 12.8. The first-order valence-electron chi connectivity index (χ1n) is 8.56. The van der Waals surface area contributed by atoms with E-state index in [1.165, 1.54) is 6.21 Å². The fourth-order valence-electron chi connectivity index (χ4n) is 3.24. The van der Waals surface area contributed by atoms with E-state index < -0.39 is 0 Å². The Balaban J connectivity index is 1.85. The van der Waals surface area contributed by atoms with Crippen molar-refractivity contribution in [1.82, 2.24) is 4.57 Å². The van der Waals surface area contributed by atoms with Gasteiger partial charge in [-0.1, -0.05) is 42.5 Å². The predicted molar refractivity (Wildman–Crippen MR) is 107 cm³/mol. The molecule has 3 aromatic carbocycles. The third-order valence-electron chi connectivity index (χ3n) is 4.57. The molecule has 0 atom stereocenters. The van der Waals surface area contributed by atoms with E-state index in [-0.39, 0.29) is 16.9 Å². The van der Waals surface area contributed by atoms with Crippen molar-refractivity contribution in [3.8, 4) is 5.75 Å². The zero-order valence-electron chi connectivity index (χ0n) is 14.4. The van der Waals surface area contributed by atoms with Gasteiger partial charge in [-0.25, -0.2) is 0 Å². The van der Waals surface area contributed by atoms with Crippen molar-refractivity contribution in [3.05, 3.63) is 82.6 Å². The molecule has 26 heavy (non-hydrogen) atoms. The second-order valence-corrected chi connectivity index (χ2v) is 6.12. The molecule has 0 saturated carbocycles. The lowest BCUT2D eigenvalue weighted by Gasteiger charge is -2.11. The lowest BCUT2D eigenvalue weighted by molar-refractivity contribution is 0.478. The minimum absolute atomic E-state index is 0.0279. The molecule has 0 aliphatic rings. The second kappa shape index (κ2) is 6.48. The first kappa shape index (κ1) is 16.1. The maximum absolute atomic E-state index is 12.8. The standard InChI is InChI=1S/C22H18N2O2/c1-2-24-20-10-6-5-9-18(20)21(25)19(22(24)26)14-23-17-12-11-15-7-3-4-8-16(15)13-17/h3-14,25H,2H2,1H3. The van der Waals surface area contributed by atoms with Crippen LogP contribution >= 0.6 is 0 Å². The number of pyridine rings is 1. The minimum atomic E-state index is -0.242. The summed E-state index contributed by atoms with van der Waals surface area (Å²) in [6.07, 6.45) is 1.46. The summed E-state index contributed by atoms with van der Waals surface area (Å²) in [5, 5.41) is 13.5. The first-order chi connectivity index (χ1) is 12.7. The van der Waals surface area contributed by atoms with Gasteiger partial charge >= 0.3 is 0 Å². The highest BCUT2D eigenvalue weighted by molar-refractivity contribution is 5.96. The predicted octanol–water partition coefficient (Wildman–Crippen LogP) is 4.63. The lowest BCUT2D eigenvalue weighted by atomic mass is 10.1. The molecule has 0 amide bonds. The van der Waals surface area contributed by atoms with Crippen LogP contribution in [0.25, 0.3) is 21.7 Å². The van der Waals surface area contributed by atoms with E-state index in [1.54, 1.807) is 4.57 Å². The van der Waals surface area contributed by atoms with E-state index in [0.717, 1.165) is 22.0 Å². The number of hydrogen-bond donors (Lipinski definition) is 1. The molecule has 0 aliphatic heterocycles. The van der Waals surface area contributed by atoms with Gasteiger partial charge in [0.05, 0.1) is 11.2 Å². The molecule has 0 bridgehead atoms. The monoisotopic (exact) mass is 342 g/mol. The van der Waals surface area contributed by atoms with Crippen LogP contribution in [0, 0.1) is 0 Å². The average Bonchev–Trinajstić information content (AvgIpc) is 2.68. The van der Waals surface area contributed by atoms with Gasteiger partial charge in [0.25, 0.3) is 5.56 Å². The van der Waals surface area contributed by atoms with Gasteiger partial charge in [0.2, 0.25) is 0 Å². The molecule has 4 aromatic rings. The molecule has 0 saturated heterocycles. The van der Waals surface area contributed by atoms with Crippen molar-refractivity contribution in [3.63, 3.8) is 0 Å². The number of fused-ring (bicyclic) bond motifs is 2. The molecule has 4 nitrogen and oxygen atoms in total. The molecule has 0 unspecified atom stereocenters. The summed E-state index contributed by atoms with van der Waals surface area (Å²) in [6, 6.07) is 21.2. The largest absolute Gasteiger partial charge is 0.506 e. The smallest absolute Gasteiger partial charge is 0.263 e. The van der Waals surface area contributed by atoms with Crippen LogP contribution in [-0.4, -0.2) is 15.9 Å². The molecule has 0 radical (unpaired) electrons. The Hall–Kier alpha value is -3.40. The van der Waals surface area contributed by atoms with Crippen LogP contribution in [0.2, 0.25) is 0 Å². The summed E-state index contributed by atoms with van der Waals surface area (Å²) in [5.41, 5.74) is 1.42. The van der Waals surface area contributed by atoms with Crippen molar-refractivity contribution >= 4 is 33.6 Å². The van der Waals surface area contributed by atoms with Crippen molar-refractivity contribution in [2.24, 2.45) is 4.99 Å². The van der Waals surface area contributed by atoms with E-state index in [4.69, 9.17) is 0 Å². The number of aromatic hydroxyl groups is 1. The maximum Gasteiger partial charge on any atom is 0.263 e. The molecule has 128 valence electrons. The number of para-hydroxylation sites is 1.